The first kappa shape index (κ1) is 20.8. The second kappa shape index (κ2) is 8.91. The molecule has 1 aliphatic carbocycles. The molecule has 0 radical (unpaired) electrons. The zero-order valence-electron chi connectivity index (χ0n) is 15.5. The molecule has 1 aromatic rings. The van der Waals surface area contributed by atoms with Crippen LogP contribution in [0.25, 0.3) is 0 Å². The van der Waals surface area contributed by atoms with E-state index in [0.29, 0.717) is 29.0 Å². The van der Waals surface area contributed by atoms with E-state index >= 15 is 0 Å². The van der Waals surface area contributed by atoms with Gasteiger partial charge in [0.05, 0.1) is 26.3 Å². The van der Waals surface area contributed by atoms with E-state index in [4.69, 9.17) is 9.47 Å². The van der Waals surface area contributed by atoms with Crippen LogP contribution in [0.5, 0.6) is 11.5 Å². The maximum Gasteiger partial charge on any atom is 0.237 e. The van der Waals surface area contributed by atoms with Gasteiger partial charge in [0.2, 0.25) is 5.91 Å². The van der Waals surface area contributed by atoms with Crippen molar-refractivity contribution < 1.29 is 18.7 Å². The van der Waals surface area contributed by atoms with E-state index in [1.807, 2.05) is 0 Å². The second-order valence-electron chi connectivity index (χ2n) is 7.06. The molecular weight excluding hydrogens is 359 g/mol. The summed E-state index contributed by atoms with van der Waals surface area (Å²) in [5.74, 6) is 0.904. The molecular formula is C19H28ClFN2O3. The first-order valence-corrected chi connectivity index (χ1v) is 9.01. The standard InChI is InChI=1S/C19H27FN2O3.ClH/c1-11(13-9-17(24-2)18(25-3)10-14(13)20)21-19(23)16-8-12-6-4-5-7-15(12)22-16;/h9-12,15-16,22H,4-8H2,1-3H3,(H,21,23);1H. The third-order valence-corrected chi connectivity index (χ3v) is 5.51. The van der Waals surface area contributed by atoms with E-state index in [2.05, 4.69) is 10.6 Å². The summed E-state index contributed by atoms with van der Waals surface area (Å²) < 4.78 is 24.7. The number of ether oxygens (including phenoxy) is 2. The second-order valence-corrected chi connectivity index (χ2v) is 7.06. The molecule has 0 aromatic heterocycles. The number of hydrogen-bond acceptors (Lipinski definition) is 4. The van der Waals surface area contributed by atoms with Crippen molar-refractivity contribution in [2.24, 2.45) is 5.92 Å². The Hall–Kier alpha value is -1.53. The normalized spacial score (nSPS) is 25.6. The lowest BCUT2D eigenvalue weighted by molar-refractivity contribution is -0.123. The molecule has 1 aromatic carbocycles. The summed E-state index contributed by atoms with van der Waals surface area (Å²) in [6, 6.07) is 2.70. The number of rotatable bonds is 5. The Balaban J connectivity index is 0.00000243. The van der Waals surface area contributed by atoms with Crippen LogP contribution in [0.3, 0.4) is 0 Å². The van der Waals surface area contributed by atoms with Gasteiger partial charge in [0, 0.05) is 17.7 Å². The molecule has 2 fully saturated rings. The van der Waals surface area contributed by atoms with Crippen molar-refractivity contribution in [3.63, 3.8) is 0 Å². The third kappa shape index (κ3) is 4.23. The SMILES string of the molecule is COc1cc(F)c(C(C)NC(=O)C2CC3CCCCC3N2)cc1OC.Cl. The first-order valence-electron chi connectivity index (χ1n) is 9.01. The van der Waals surface area contributed by atoms with Crippen molar-refractivity contribution in [3.8, 4) is 11.5 Å². The minimum absolute atomic E-state index is 0. The quantitative estimate of drug-likeness (QED) is 0.814. The summed E-state index contributed by atoms with van der Waals surface area (Å²) in [6.45, 7) is 1.78. The van der Waals surface area contributed by atoms with Crippen LogP contribution in [0.15, 0.2) is 12.1 Å². The van der Waals surface area contributed by atoms with Crippen molar-refractivity contribution >= 4 is 18.3 Å². The summed E-state index contributed by atoms with van der Waals surface area (Å²) in [7, 11) is 2.97. The van der Waals surface area contributed by atoms with Crippen LogP contribution in [0.1, 0.15) is 50.6 Å². The number of halogens is 2. The summed E-state index contributed by atoms with van der Waals surface area (Å²) in [6.07, 6.45) is 5.70. The molecule has 0 spiro atoms. The molecule has 2 aliphatic rings. The average Bonchev–Trinajstić information content (AvgIpc) is 3.05. The monoisotopic (exact) mass is 386 g/mol. The number of carbonyl (C=O) groups is 1. The number of benzene rings is 1. The Bertz CT molecular complexity index is 629. The summed E-state index contributed by atoms with van der Waals surface area (Å²) in [5.41, 5.74) is 0.390. The fourth-order valence-corrected chi connectivity index (χ4v) is 4.11. The third-order valence-electron chi connectivity index (χ3n) is 5.51. The summed E-state index contributed by atoms with van der Waals surface area (Å²) in [5, 5.41) is 6.39. The number of hydrogen-bond donors (Lipinski definition) is 2. The molecule has 0 bridgehead atoms. The molecule has 1 amide bonds. The van der Waals surface area contributed by atoms with Crippen LogP contribution in [0.2, 0.25) is 0 Å². The predicted octanol–water partition coefficient (Wildman–Crippen LogP) is 3.36. The van der Waals surface area contributed by atoms with Crippen LogP contribution in [-0.4, -0.2) is 32.2 Å². The Morgan fingerprint density at radius 3 is 2.54 bits per heavy atom. The minimum atomic E-state index is -0.447. The van der Waals surface area contributed by atoms with Gasteiger partial charge in [-0.05, 0) is 38.2 Å². The van der Waals surface area contributed by atoms with Gasteiger partial charge in [-0.3, -0.25) is 4.79 Å². The highest BCUT2D eigenvalue weighted by molar-refractivity contribution is 5.85. The van der Waals surface area contributed by atoms with Gasteiger partial charge in [-0.2, -0.15) is 0 Å². The van der Waals surface area contributed by atoms with Crippen LogP contribution in [-0.2, 0) is 4.79 Å². The van der Waals surface area contributed by atoms with Gasteiger partial charge >= 0.3 is 0 Å². The number of amides is 1. The number of nitrogens with one attached hydrogen (secondary N) is 2. The van der Waals surface area contributed by atoms with Crippen LogP contribution >= 0.6 is 12.4 Å². The fraction of sp³-hybridized carbons (Fsp3) is 0.632. The van der Waals surface area contributed by atoms with E-state index < -0.39 is 11.9 Å². The maximum absolute atomic E-state index is 14.4. The van der Waals surface area contributed by atoms with Crippen molar-refractivity contribution in [3.05, 3.63) is 23.5 Å². The number of methoxy groups -OCH3 is 2. The number of fused-ring (bicyclic) bond motifs is 1. The Morgan fingerprint density at radius 1 is 1.23 bits per heavy atom. The van der Waals surface area contributed by atoms with Gasteiger partial charge in [0.1, 0.15) is 5.82 Å². The molecule has 4 unspecified atom stereocenters. The topological polar surface area (TPSA) is 59.6 Å². The molecule has 1 aliphatic heterocycles. The summed E-state index contributed by atoms with van der Waals surface area (Å²) in [4.78, 5) is 12.6. The van der Waals surface area contributed by atoms with Crippen LogP contribution in [0.4, 0.5) is 4.39 Å². The van der Waals surface area contributed by atoms with E-state index in [0.717, 1.165) is 12.8 Å². The number of carbonyl (C=O) groups excluding carboxylic acids is 1. The Kier molecular flexibility index (Phi) is 7.12. The van der Waals surface area contributed by atoms with E-state index in [9.17, 15) is 9.18 Å². The fourth-order valence-electron chi connectivity index (χ4n) is 4.11. The zero-order chi connectivity index (χ0) is 18.0. The van der Waals surface area contributed by atoms with Gasteiger partial charge in [-0.15, -0.1) is 12.4 Å². The lowest BCUT2D eigenvalue weighted by Gasteiger charge is -2.24. The molecule has 2 N–H and O–H groups in total. The van der Waals surface area contributed by atoms with Crippen molar-refractivity contribution in [2.45, 2.75) is 57.2 Å². The van der Waals surface area contributed by atoms with E-state index in [1.54, 1.807) is 13.0 Å². The smallest absolute Gasteiger partial charge is 0.237 e. The van der Waals surface area contributed by atoms with E-state index in [1.165, 1.54) is 39.5 Å². The van der Waals surface area contributed by atoms with Crippen molar-refractivity contribution in [2.75, 3.05) is 14.2 Å². The maximum atomic E-state index is 14.4. The van der Waals surface area contributed by atoms with Gasteiger partial charge in [0.15, 0.2) is 11.5 Å². The predicted molar refractivity (Wildman–Crippen MR) is 101 cm³/mol. The summed E-state index contributed by atoms with van der Waals surface area (Å²) >= 11 is 0. The highest BCUT2D eigenvalue weighted by Crippen LogP contribution is 2.34. The molecule has 1 saturated carbocycles. The molecule has 1 saturated heterocycles. The minimum Gasteiger partial charge on any atom is -0.493 e. The molecule has 146 valence electrons. The van der Waals surface area contributed by atoms with E-state index in [-0.39, 0.29) is 24.4 Å². The van der Waals surface area contributed by atoms with Crippen LogP contribution in [0, 0.1) is 11.7 Å². The molecule has 5 nitrogen and oxygen atoms in total. The largest absolute Gasteiger partial charge is 0.493 e. The molecule has 1 heterocycles. The molecule has 7 heteroatoms. The molecule has 3 rings (SSSR count). The lowest BCUT2D eigenvalue weighted by Crippen LogP contribution is -2.44. The van der Waals surface area contributed by atoms with Gasteiger partial charge in [-0.25, -0.2) is 4.39 Å². The highest BCUT2D eigenvalue weighted by Gasteiger charge is 2.38. The van der Waals surface area contributed by atoms with Crippen molar-refractivity contribution in [1.29, 1.82) is 0 Å². The molecule has 26 heavy (non-hydrogen) atoms. The van der Waals surface area contributed by atoms with Crippen molar-refractivity contribution in [1.82, 2.24) is 10.6 Å². The molecule has 4 atom stereocenters. The van der Waals surface area contributed by atoms with Gasteiger partial charge < -0.3 is 20.1 Å². The van der Waals surface area contributed by atoms with Crippen LogP contribution < -0.4 is 20.1 Å². The Morgan fingerprint density at radius 2 is 1.88 bits per heavy atom. The van der Waals surface area contributed by atoms with Gasteiger partial charge in [0.25, 0.3) is 0 Å². The average molecular weight is 387 g/mol. The Labute approximate surface area is 160 Å². The first-order chi connectivity index (χ1) is 12.0. The van der Waals surface area contributed by atoms with Gasteiger partial charge in [-0.1, -0.05) is 12.8 Å². The zero-order valence-corrected chi connectivity index (χ0v) is 16.3. The lowest BCUT2D eigenvalue weighted by atomic mass is 9.85. The highest BCUT2D eigenvalue weighted by atomic mass is 35.5.